The molecule has 39 heavy (non-hydrogen) atoms. The Hall–Kier alpha value is -3.99. The summed E-state index contributed by atoms with van der Waals surface area (Å²) in [6, 6.07) is 8.28. The number of benzene rings is 2. The van der Waals surface area contributed by atoms with Crippen LogP contribution in [0.3, 0.4) is 0 Å². The number of aromatic nitrogens is 3. The molecule has 1 amide bonds. The highest BCUT2D eigenvalue weighted by Crippen LogP contribution is 2.36. The number of aliphatic hydroxyl groups is 1. The Morgan fingerprint density at radius 1 is 1.21 bits per heavy atom. The number of fused-ring (bicyclic) bond motifs is 1. The first-order valence-electron chi connectivity index (χ1n) is 12.6. The smallest absolute Gasteiger partial charge is 0.384 e. The Morgan fingerprint density at radius 3 is 2.64 bits per heavy atom. The number of amides is 1. The minimum atomic E-state index is -4.67. The molecule has 1 saturated heterocycles. The molecule has 0 aliphatic carbocycles. The number of carbonyl (C=O) groups is 1. The molecular weight excluding hydrogens is 514 g/mol. The number of hydrogen-bond donors (Lipinski definition) is 2. The van der Waals surface area contributed by atoms with Gasteiger partial charge in [-0.3, -0.25) is 9.20 Å². The maximum atomic E-state index is 14.4. The van der Waals surface area contributed by atoms with Crippen molar-refractivity contribution >= 4 is 17.2 Å². The third kappa shape index (κ3) is 5.06. The zero-order chi connectivity index (χ0) is 27.9. The van der Waals surface area contributed by atoms with Gasteiger partial charge in [-0.05, 0) is 36.6 Å². The minimum absolute atomic E-state index is 0.0118. The van der Waals surface area contributed by atoms with Crippen molar-refractivity contribution in [3.8, 4) is 11.3 Å². The molecule has 2 aromatic heterocycles. The van der Waals surface area contributed by atoms with Gasteiger partial charge in [0.15, 0.2) is 0 Å². The molecule has 0 bridgehead atoms. The number of alkyl halides is 3. The van der Waals surface area contributed by atoms with Crippen LogP contribution in [-0.4, -0.2) is 43.4 Å². The number of rotatable bonds is 5. The summed E-state index contributed by atoms with van der Waals surface area (Å²) in [5.74, 6) is 0.151. The van der Waals surface area contributed by atoms with Gasteiger partial charge in [0.2, 0.25) is 5.91 Å². The summed E-state index contributed by atoms with van der Waals surface area (Å²) in [6.07, 6.45) is -0.794. The maximum absolute atomic E-state index is 14.4. The Labute approximate surface area is 221 Å². The highest BCUT2D eigenvalue weighted by Gasteiger charge is 2.32. The number of hydrogen-bond acceptors (Lipinski definition) is 5. The van der Waals surface area contributed by atoms with Gasteiger partial charge >= 0.3 is 6.18 Å². The number of halogens is 4. The maximum Gasteiger partial charge on any atom is 0.416 e. The molecule has 204 valence electrons. The van der Waals surface area contributed by atoms with Crippen LogP contribution in [0.15, 0.2) is 54.9 Å². The van der Waals surface area contributed by atoms with Crippen LogP contribution in [0.1, 0.15) is 60.7 Å². The Kier molecular flexibility index (Phi) is 7.02. The van der Waals surface area contributed by atoms with Gasteiger partial charge in [0, 0.05) is 48.9 Å². The SMILES string of the molecule is CCC(=O)N1CCC[C@@H](c2nc(-c3ccc(C(O)c4cc(C(F)(F)F)ccc4F)cc3)c3c(N)nccn23)C1. The van der Waals surface area contributed by atoms with Crippen molar-refractivity contribution in [1.29, 1.82) is 0 Å². The molecule has 0 radical (unpaired) electrons. The molecule has 1 unspecified atom stereocenters. The summed E-state index contributed by atoms with van der Waals surface area (Å²) in [4.78, 5) is 23.3. The molecule has 2 aromatic carbocycles. The van der Waals surface area contributed by atoms with E-state index in [0.29, 0.717) is 54.5 Å². The molecule has 1 aliphatic rings. The second kappa shape index (κ2) is 10.3. The summed E-state index contributed by atoms with van der Waals surface area (Å²) in [5, 5.41) is 10.7. The molecule has 0 spiro atoms. The lowest BCUT2D eigenvalue weighted by Crippen LogP contribution is -2.39. The third-order valence-corrected chi connectivity index (χ3v) is 7.17. The molecule has 1 fully saturated rings. The number of carbonyl (C=O) groups excluding carboxylic acids is 1. The van der Waals surface area contributed by atoms with Gasteiger partial charge in [-0.1, -0.05) is 31.2 Å². The molecule has 3 heterocycles. The highest BCUT2D eigenvalue weighted by molar-refractivity contribution is 5.85. The van der Waals surface area contributed by atoms with Gasteiger partial charge < -0.3 is 15.7 Å². The molecule has 7 nitrogen and oxygen atoms in total. The van der Waals surface area contributed by atoms with Crippen LogP contribution in [0, 0.1) is 5.82 Å². The number of nitrogen functional groups attached to an aromatic ring is 1. The Bertz CT molecular complexity index is 1520. The van der Waals surface area contributed by atoms with Crippen LogP contribution in [-0.2, 0) is 11.0 Å². The van der Waals surface area contributed by atoms with Crippen molar-refractivity contribution in [1.82, 2.24) is 19.3 Å². The van der Waals surface area contributed by atoms with E-state index in [-0.39, 0.29) is 23.2 Å². The first-order valence-corrected chi connectivity index (χ1v) is 12.6. The number of anilines is 1. The van der Waals surface area contributed by atoms with Crippen molar-refractivity contribution in [3.63, 3.8) is 0 Å². The lowest BCUT2D eigenvalue weighted by atomic mass is 9.97. The van der Waals surface area contributed by atoms with Crippen molar-refractivity contribution in [3.05, 3.63) is 83.2 Å². The van der Waals surface area contributed by atoms with Crippen molar-refractivity contribution in [2.24, 2.45) is 0 Å². The molecule has 11 heteroatoms. The summed E-state index contributed by atoms with van der Waals surface area (Å²) >= 11 is 0. The zero-order valence-electron chi connectivity index (χ0n) is 21.1. The fraction of sp³-hybridized carbons (Fsp3) is 0.321. The van der Waals surface area contributed by atoms with Crippen LogP contribution in [0.25, 0.3) is 16.8 Å². The van der Waals surface area contributed by atoms with Gasteiger partial charge in [-0.25, -0.2) is 14.4 Å². The number of imidazole rings is 1. The number of nitrogens with zero attached hydrogens (tertiary/aromatic N) is 4. The van der Waals surface area contributed by atoms with E-state index < -0.39 is 29.2 Å². The average Bonchev–Trinajstić information content (AvgIpc) is 3.33. The van der Waals surface area contributed by atoms with E-state index in [1.807, 2.05) is 16.2 Å². The van der Waals surface area contributed by atoms with E-state index in [4.69, 9.17) is 10.7 Å². The predicted octanol–water partition coefficient (Wildman–Crippen LogP) is 5.33. The molecule has 0 saturated carbocycles. The summed E-state index contributed by atoms with van der Waals surface area (Å²) in [7, 11) is 0. The van der Waals surface area contributed by atoms with E-state index in [1.165, 1.54) is 12.1 Å². The fourth-order valence-electron chi connectivity index (χ4n) is 5.15. The molecule has 2 atom stereocenters. The van der Waals surface area contributed by atoms with Gasteiger partial charge in [0.05, 0.1) is 5.56 Å². The van der Waals surface area contributed by atoms with Crippen molar-refractivity contribution in [2.45, 2.75) is 44.4 Å². The molecule has 1 aliphatic heterocycles. The topological polar surface area (TPSA) is 96.8 Å². The highest BCUT2D eigenvalue weighted by atomic mass is 19.4. The van der Waals surface area contributed by atoms with Crippen LogP contribution in [0.2, 0.25) is 0 Å². The largest absolute Gasteiger partial charge is 0.416 e. The van der Waals surface area contributed by atoms with E-state index in [1.54, 1.807) is 24.5 Å². The van der Waals surface area contributed by atoms with Gasteiger partial charge in [-0.15, -0.1) is 0 Å². The van der Waals surface area contributed by atoms with Crippen LogP contribution in [0.4, 0.5) is 23.4 Å². The quantitative estimate of drug-likeness (QED) is 0.333. The second-order valence-electron chi connectivity index (χ2n) is 9.64. The lowest BCUT2D eigenvalue weighted by Gasteiger charge is -2.32. The molecule has 3 N–H and O–H groups in total. The number of aliphatic hydroxyl groups excluding tert-OH is 1. The van der Waals surface area contributed by atoms with Gasteiger partial charge in [0.25, 0.3) is 0 Å². The second-order valence-corrected chi connectivity index (χ2v) is 9.64. The van der Waals surface area contributed by atoms with E-state index in [9.17, 15) is 27.5 Å². The Balaban J connectivity index is 1.50. The Morgan fingerprint density at radius 2 is 1.95 bits per heavy atom. The lowest BCUT2D eigenvalue weighted by molar-refractivity contribution is -0.137. The minimum Gasteiger partial charge on any atom is -0.384 e. The van der Waals surface area contributed by atoms with Crippen LogP contribution < -0.4 is 5.73 Å². The summed E-state index contributed by atoms with van der Waals surface area (Å²) in [6.45, 7) is 3.09. The van der Waals surface area contributed by atoms with Crippen molar-refractivity contribution < 1.29 is 27.5 Å². The number of piperidine rings is 1. The van der Waals surface area contributed by atoms with E-state index in [2.05, 4.69) is 4.98 Å². The van der Waals surface area contributed by atoms with Gasteiger partial charge in [-0.2, -0.15) is 13.2 Å². The number of likely N-dealkylation sites (tertiary alicyclic amines) is 1. The zero-order valence-corrected chi connectivity index (χ0v) is 21.1. The summed E-state index contributed by atoms with van der Waals surface area (Å²) < 4.78 is 55.6. The molecule has 5 rings (SSSR count). The molecular formula is C28H27F4N5O2. The van der Waals surface area contributed by atoms with E-state index in [0.717, 1.165) is 18.7 Å². The fourth-order valence-corrected chi connectivity index (χ4v) is 5.15. The van der Waals surface area contributed by atoms with E-state index >= 15 is 0 Å². The van der Waals surface area contributed by atoms with Crippen molar-refractivity contribution in [2.75, 3.05) is 18.8 Å². The first-order chi connectivity index (χ1) is 18.6. The standard InChI is InChI=1S/C28H27F4N5O2/c1-2-22(38)36-12-3-4-18(15-36)27-35-23(24-26(33)34-11-13-37(24)27)16-5-7-17(8-6-16)25(39)20-14-19(28(30,31)32)9-10-21(20)29/h5-11,13-14,18,25,39H,2-4,12,15H2,1H3,(H2,33,34)/t18-,25?/m1/s1. The predicted molar refractivity (Wildman–Crippen MR) is 137 cm³/mol. The summed E-state index contributed by atoms with van der Waals surface area (Å²) in [5.41, 5.74) is 6.71. The normalized spacial score (nSPS) is 17.0. The number of nitrogens with two attached hydrogens (primary N) is 1. The third-order valence-electron chi connectivity index (χ3n) is 7.17. The first kappa shape index (κ1) is 26.6. The van der Waals surface area contributed by atoms with Crippen LogP contribution in [0.5, 0.6) is 0 Å². The monoisotopic (exact) mass is 541 g/mol. The average molecular weight is 542 g/mol. The van der Waals surface area contributed by atoms with Crippen LogP contribution >= 0.6 is 0 Å². The molecule has 4 aromatic rings. The van der Waals surface area contributed by atoms with Gasteiger partial charge in [0.1, 0.15) is 34.8 Å².